The molecule has 16 heavy (non-hydrogen) atoms. The number of nitrogens with one attached hydrogen (secondary N) is 1. The normalized spacial score (nSPS) is 13.8. The van der Waals surface area contributed by atoms with Gasteiger partial charge in [-0.2, -0.15) is 0 Å². The fraction of sp³-hybridized carbons (Fsp3) is 0.364. The van der Waals surface area contributed by atoms with Crippen LogP contribution in [0.25, 0.3) is 0 Å². The summed E-state index contributed by atoms with van der Waals surface area (Å²) < 4.78 is 1.07. The van der Waals surface area contributed by atoms with Gasteiger partial charge in [-0.05, 0) is 17.7 Å². The lowest BCUT2D eigenvalue weighted by Crippen LogP contribution is -2.31. The zero-order valence-electron chi connectivity index (χ0n) is 9.15. The molecule has 1 atom stereocenters. The lowest BCUT2D eigenvalue weighted by Gasteiger charge is -2.10. The van der Waals surface area contributed by atoms with Crippen molar-refractivity contribution in [3.05, 3.63) is 34.3 Å². The quantitative estimate of drug-likeness (QED) is 0.335. The van der Waals surface area contributed by atoms with Crippen molar-refractivity contribution < 1.29 is 5.21 Å². The van der Waals surface area contributed by atoms with Crippen LogP contribution in [0.1, 0.15) is 12.5 Å². The molecule has 0 aliphatic heterocycles. The predicted octanol–water partition coefficient (Wildman–Crippen LogP) is 1.92. The molecule has 0 heterocycles. The van der Waals surface area contributed by atoms with E-state index in [4.69, 9.17) is 10.9 Å². The van der Waals surface area contributed by atoms with Crippen LogP contribution in [0, 0.1) is 5.92 Å². The number of nitrogens with zero attached hydrogens (tertiary/aromatic N) is 1. The van der Waals surface area contributed by atoms with Crippen molar-refractivity contribution in [2.24, 2.45) is 16.8 Å². The van der Waals surface area contributed by atoms with Gasteiger partial charge in [0, 0.05) is 23.5 Å². The van der Waals surface area contributed by atoms with Crippen molar-refractivity contribution in [2.75, 3.05) is 6.54 Å². The molecule has 1 rings (SSSR count). The topological polar surface area (TPSA) is 70.6 Å². The maximum Gasteiger partial charge on any atom is 0.143 e. The fourth-order valence-corrected chi connectivity index (χ4v) is 1.50. The number of hydrogen-bond acceptors (Lipinski definition) is 3. The second-order valence-electron chi connectivity index (χ2n) is 3.68. The molecule has 0 radical (unpaired) electrons. The van der Waals surface area contributed by atoms with Gasteiger partial charge in [0.1, 0.15) is 5.84 Å². The van der Waals surface area contributed by atoms with Crippen molar-refractivity contribution in [3.8, 4) is 0 Å². The van der Waals surface area contributed by atoms with E-state index in [9.17, 15) is 0 Å². The van der Waals surface area contributed by atoms with E-state index in [0.29, 0.717) is 6.54 Å². The third-order valence-electron chi connectivity index (χ3n) is 2.31. The van der Waals surface area contributed by atoms with Gasteiger partial charge in [-0.25, -0.2) is 0 Å². The smallest absolute Gasteiger partial charge is 0.143 e. The van der Waals surface area contributed by atoms with Crippen molar-refractivity contribution in [1.29, 1.82) is 0 Å². The van der Waals surface area contributed by atoms with Crippen LogP contribution in [-0.2, 0) is 6.54 Å². The SMILES string of the molecule is CC(CNCc1ccc(Br)cc1)C(N)=NO. The zero-order chi connectivity index (χ0) is 12.0. The summed E-state index contributed by atoms with van der Waals surface area (Å²) in [5.41, 5.74) is 6.67. The van der Waals surface area contributed by atoms with Crippen molar-refractivity contribution in [2.45, 2.75) is 13.5 Å². The summed E-state index contributed by atoms with van der Waals surface area (Å²) in [4.78, 5) is 0. The first-order valence-electron chi connectivity index (χ1n) is 5.06. The maximum absolute atomic E-state index is 8.48. The minimum atomic E-state index is 0.0282. The molecule has 0 spiro atoms. The van der Waals surface area contributed by atoms with Gasteiger partial charge >= 0.3 is 0 Å². The van der Waals surface area contributed by atoms with E-state index < -0.39 is 0 Å². The monoisotopic (exact) mass is 285 g/mol. The van der Waals surface area contributed by atoms with Crippen LogP contribution in [0.2, 0.25) is 0 Å². The molecule has 4 N–H and O–H groups in total. The average molecular weight is 286 g/mol. The number of amidine groups is 1. The Bertz CT molecular complexity index is 351. The molecular formula is C11H16BrN3O. The Labute approximate surface area is 104 Å². The van der Waals surface area contributed by atoms with E-state index in [-0.39, 0.29) is 11.8 Å². The molecule has 5 heteroatoms. The van der Waals surface area contributed by atoms with Crippen LogP contribution in [0.4, 0.5) is 0 Å². The molecule has 0 saturated carbocycles. The first-order chi connectivity index (χ1) is 7.63. The van der Waals surface area contributed by atoms with Gasteiger partial charge in [0.25, 0.3) is 0 Å². The van der Waals surface area contributed by atoms with E-state index in [1.807, 2.05) is 31.2 Å². The summed E-state index contributed by atoms with van der Waals surface area (Å²) in [6.07, 6.45) is 0. The molecule has 0 aromatic heterocycles. The molecule has 88 valence electrons. The lowest BCUT2D eigenvalue weighted by atomic mass is 10.1. The number of rotatable bonds is 5. The maximum atomic E-state index is 8.48. The van der Waals surface area contributed by atoms with Crippen LogP contribution in [0.15, 0.2) is 33.9 Å². The van der Waals surface area contributed by atoms with Crippen molar-refractivity contribution in [1.82, 2.24) is 5.32 Å². The second-order valence-corrected chi connectivity index (χ2v) is 4.60. The number of halogens is 1. The van der Waals surface area contributed by atoms with E-state index >= 15 is 0 Å². The Morgan fingerprint density at radius 3 is 2.69 bits per heavy atom. The summed E-state index contributed by atoms with van der Waals surface area (Å²) >= 11 is 3.38. The molecule has 1 unspecified atom stereocenters. The number of hydrogen-bond donors (Lipinski definition) is 3. The minimum absolute atomic E-state index is 0.0282. The molecule has 0 aliphatic rings. The second kappa shape index (κ2) is 6.50. The number of nitrogens with two attached hydrogens (primary N) is 1. The molecule has 1 aromatic rings. The molecule has 0 fully saturated rings. The fourth-order valence-electron chi connectivity index (χ4n) is 1.24. The van der Waals surface area contributed by atoms with E-state index in [1.165, 1.54) is 5.56 Å². The van der Waals surface area contributed by atoms with Gasteiger partial charge in [-0.15, -0.1) is 0 Å². The minimum Gasteiger partial charge on any atom is -0.409 e. The molecule has 0 aliphatic carbocycles. The zero-order valence-corrected chi connectivity index (χ0v) is 10.7. The summed E-state index contributed by atoms with van der Waals surface area (Å²) in [5, 5.41) is 14.7. The van der Waals surface area contributed by atoms with Gasteiger partial charge in [-0.3, -0.25) is 0 Å². The number of benzene rings is 1. The van der Waals surface area contributed by atoms with Crippen molar-refractivity contribution in [3.63, 3.8) is 0 Å². The summed E-state index contributed by atoms with van der Waals surface area (Å²) in [7, 11) is 0. The highest BCUT2D eigenvalue weighted by molar-refractivity contribution is 9.10. The Hall–Kier alpha value is -1.07. The highest BCUT2D eigenvalue weighted by Crippen LogP contribution is 2.10. The Kier molecular flexibility index (Phi) is 5.28. The highest BCUT2D eigenvalue weighted by atomic mass is 79.9. The molecular weight excluding hydrogens is 270 g/mol. The van der Waals surface area contributed by atoms with E-state index in [0.717, 1.165) is 11.0 Å². The van der Waals surface area contributed by atoms with Crippen LogP contribution >= 0.6 is 15.9 Å². The van der Waals surface area contributed by atoms with Gasteiger partial charge in [-0.1, -0.05) is 40.1 Å². The average Bonchev–Trinajstić information content (AvgIpc) is 2.30. The molecule has 0 amide bonds. The first kappa shape index (κ1) is 13.0. The van der Waals surface area contributed by atoms with Crippen LogP contribution in [0.5, 0.6) is 0 Å². The standard InChI is InChI=1S/C11H16BrN3O/c1-8(11(13)15-16)6-14-7-9-2-4-10(12)5-3-9/h2-5,8,14,16H,6-7H2,1H3,(H2,13,15). The summed E-state index contributed by atoms with van der Waals surface area (Å²) in [6, 6.07) is 8.10. The van der Waals surface area contributed by atoms with E-state index in [2.05, 4.69) is 26.4 Å². The molecule has 4 nitrogen and oxygen atoms in total. The highest BCUT2D eigenvalue weighted by Gasteiger charge is 2.06. The van der Waals surface area contributed by atoms with Gasteiger partial charge in [0.15, 0.2) is 0 Å². The van der Waals surface area contributed by atoms with Crippen LogP contribution in [-0.4, -0.2) is 17.6 Å². The van der Waals surface area contributed by atoms with Crippen LogP contribution in [0.3, 0.4) is 0 Å². The van der Waals surface area contributed by atoms with Gasteiger partial charge in [0.05, 0.1) is 0 Å². The van der Waals surface area contributed by atoms with Crippen LogP contribution < -0.4 is 11.1 Å². The van der Waals surface area contributed by atoms with Gasteiger partial charge in [0.2, 0.25) is 0 Å². The Morgan fingerprint density at radius 1 is 1.50 bits per heavy atom. The third kappa shape index (κ3) is 4.20. The largest absolute Gasteiger partial charge is 0.409 e. The summed E-state index contributed by atoms with van der Waals surface area (Å²) in [6.45, 7) is 3.37. The predicted molar refractivity (Wildman–Crippen MR) is 68.4 cm³/mol. The van der Waals surface area contributed by atoms with E-state index in [1.54, 1.807) is 0 Å². The van der Waals surface area contributed by atoms with Crippen molar-refractivity contribution >= 4 is 21.8 Å². The van der Waals surface area contributed by atoms with Gasteiger partial charge < -0.3 is 16.3 Å². The third-order valence-corrected chi connectivity index (χ3v) is 2.84. The molecule has 1 aromatic carbocycles. The first-order valence-corrected chi connectivity index (χ1v) is 5.85. The molecule has 0 saturated heterocycles. The Balaban J connectivity index is 2.33. The summed E-state index contributed by atoms with van der Waals surface area (Å²) in [5.74, 6) is 0.281. The lowest BCUT2D eigenvalue weighted by molar-refractivity contribution is 0.314. The Morgan fingerprint density at radius 2 is 2.12 bits per heavy atom. The number of oxime groups is 1. The molecule has 0 bridgehead atoms.